The van der Waals surface area contributed by atoms with Gasteiger partial charge in [-0.2, -0.15) is 0 Å². The second-order valence-electron chi connectivity index (χ2n) is 6.34. The van der Waals surface area contributed by atoms with Crippen molar-refractivity contribution in [2.75, 3.05) is 0 Å². The number of thioether (sulfide) groups is 1. The number of aromatic nitrogens is 2. The standard InChI is InChI=1S/C20H20Cl2N2S/c1-20(14-24-13-12-23-15-24,25-19-5-3-2-4-18(19)22)11-10-16-6-8-17(21)9-7-16/h2-9,12-13,15H,10-11,14H2,1H3. The van der Waals surface area contributed by atoms with E-state index in [2.05, 4.69) is 34.7 Å². The van der Waals surface area contributed by atoms with Gasteiger partial charge in [0.2, 0.25) is 0 Å². The fourth-order valence-electron chi connectivity index (χ4n) is 2.78. The van der Waals surface area contributed by atoms with Gasteiger partial charge in [-0.3, -0.25) is 0 Å². The predicted molar refractivity (Wildman–Crippen MR) is 108 cm³/mol. The van der Waals surface area contributed by atoms with Crippen LogP contribution in [0.2, 0.25) is 10.0 Å². The van der Waals surface area contributed by atoms with E-state index in [1.165, 1.54) is 5.56 Å². The van der Waals surface area contributed by atoms with Crippen LogP contribution >= 0.6 is 35.0 Å². The van der Waals surface area contributed by atoms with Crippen LogP contribution in [0.4, 0.5) is 0 Å². The molecule has 0 saturated heterocycles. The van der Waals surface area contributed by atoms with Crippen molar-refractivity contribution >= 4 is 35.0 Å². The largest absolute Gasteiger partial charge is 0.336 e. The highest BCUT2D eigenvalue weighted by molar-refractivity contribution is 8.00. The second kappa shape index (κ2) is 8.31. The van der Waals surface area contributed by atoms with Gasteiger partial charge >= 0.3 is 0 Å². The van der Waals surface area contributed by atoms with Gasteiger partial charge < -0.3 is 4.57 Å². The van der Waals surface area contributed by atoms with Gasteiger partial charge in [-0.1, -0.05) is 47.5 Å². The molecule has 0 bridgehead atoms. The highest BCUT2D eigenvalue weighted by atomic mass is 35.5. The number of benzene rings is 2. The van der Waals surface area contributed by atoms with Crippen LogP contribution in [0.5, 0.6) is 0 Å². The van der Waals surface area contributed by atoms with Crippen LogP contribution in [0.1, 0.15) is 18.9 Å². The molecule has 1 atom stereocenters. The fourth-order valence-corrected chi connectivity index (χ4v) is 4.42. The van der Waals surface area contributed by atoms with E-state index in [1.54, 1.807) is 0 Å². The molecule has 1 unspecified atom stereocenters. The number of aryl methyl sites for hydroxylation is 1. The summed E-state index contributed by atoms with van der Waals surface area (Å²) in [6.07, 6.45) is 7.70. The van der Waals surface area contributed by atoms with Crippen LogP contribution in [0.15, 0.2) is 72.1 Å². The predicted octanol–water partition coefficient (Wildman–Crippen LogP) is 6.37. The lowest BCUT2D eigenvalue weighted by Crippen LogP contribution is -2.27. The normalized spacial score (nSPS) is 13.6. The van der Waals surface area contributed by atoms with Crippen molar-refractivity contribution in [3.05, 3.63) is 82.9 Å². The molecule has 0 aliphatic carbocycles. The monoisotopic (exact) mass is 390 g/mol. The second-order valence-corrected chi connectivity index (χ2v) is 8.82. The topological polar surface area (TPSA) is 17.8 Å². The van der Waals surface area contributed by atoms with E-state index >= 15 is 0 Å². The van der Waals surface area contributed by atoms with E-state index in [-0.39, 0.29) is 4.75 Å². The molecule has 0 aliphatic heterocycles. The van der Waals surface area contributed by atoms with Gasteiger partial charge in [0, 0.05) is 33.6 Å². The summed E-state index contributed by atoms with van der Waals surface area (Å²) in [7, 11) is 0. The van der Waals surface area contributed by atoms with Crippen molar-refractivity contribution in [3.8, 4) is 0 Å². The molecule has 130 valence electrons. The molecule has 2 aromatic carbocycles. The van der Waals surface area contributed by atoms with E-state index in [0.29, 0.717) is 0 Å². The molecule has 0 radical (unpaired) electrons. The lowest BCUT2D eigenvalue weighted by atomic mass is 10.00. The first kappa shape index (κ1) is 18.4. The molecule has 0 amide bonds. The molecule has 0 aliphatic rings. The summed E-state index contributed by atoms with van der Waals surface area (Å²) in [4.78, 5) is 5.29. The minimum atomic E-state index is -0.00860. The summed E-state index contributed by atoms with van der Waals surface area (Å²) >= 11 is 14.2. The molecule has 5 heteroatoms. The number of rotatable bonds is 7. The number of nitrogens with zero attached hydrogens (tertiary/aromatic N) is 2. The Bertz CT molecular complexity index is 803. The Kier molecular flexibility index (Phi) is 6.10. The van der Waals surface area contributed by atoms with Crippen molar-refractivity contribution in [2.24, 2.45) is 0 Å². The molecule has 1 aromatic heterocycles. The lowest BCUT2D eigenvalue weighted by Gasteiger charge is -2.30. The molecule has 0 saturated carbocycles. The Morgan fingerprint density at radius 1 is 1.08 bits per heavy atom. The Morgan fingerprint density at radius 3 is 2.52 bits per heavy atom. The number of imidazole rings is 1. The highest BCUT2D eigenvalue weighted by Crippen LogP contribution is 2.40. The molecular formula is C20H20Cl2N2S. The van der Waals surface area contributed by atoms with E-state index in [1.807, 2.05) is 60.8 Å². The van der Waals surface area contributed by atoms with Crippen LogP contribution < -0.4 is 0 Å². The fraction of sp³-hybridized carbons (Fsp3) is 0.250. The average molecular weight is 391 g/mol. The molecule has 0 spiro atoms. The molecule has 1 heterocycles. The van der Waals surface area contributed by atoms with Crippen molar-refractivity contribution in [1.82, 2.24) is 9.55 Å². The Hall–Kier alpha value is -1.42. The van der Waals surface area contributed by atoms with Gasteiger partial charge in [-0.15, -0.1) is 11.8 Å². The van der Waals surface area contributed by atoms with E-state index < -0.39 is 0 Å². The van der Waals surface area contributed by atoms with E-state index in [4.69, 9.17) is 23.2 Å². The summed E-state index contributed by atoms with van der Waals surface area (Å²) in [5.41, 5.74) is 1.29. The average Bonchev–Trinajstić information content (AvgIpc) is 3.09. The lowest BCUT2D eigenvalue weighted by molar-refractivity contribution is 0.495. The van der Waals surface area contributed by atoms with Gasteiger partial charge in [0.15, 0.2) is 0 Å². The van der Waals surface area contributed by atoms with Crippen LogP contribution in [-0.4, -0.2) is 14.3 Å². The molecule has 0 N–H and O–H groups in total. The maximum atomic E-state index is 6.39. The van der Waals surface area contributed by atoms with Crippen LogP contribution in [0, 0.1) is 0 Å². The summed E-state index contributed by atoms with van der Waals surface area (Å²) in [6, 6.07) is 16.1. The Morgan fingerprint density at radius 2 is 1.84 bits per heavy atom. The van der Waals surface area contributed by atoms with Crippen molar-refractivity contribution in [2.45, 2.75) is 36.0 Å². The smallest absolute Gasteiger partial charge is 0.0946 e. The van der Waals surface area contributed by atoms with Crippen molar-refractivity contribution in [1.29, 1.82) is 0 Å². The molecule has 0 fully saturated rings. The zero-order valence-corrected chi connectivity index (χ0v) is 16.4. The third-order valence-corrected chi connectivity index (χ3v) is 6.22. The summed E-state index contributed by atoms with van der Waals surface area (Å²) in [6.45, 7) is 3.16. The van der Waals surface area contributed by atoms with Gasteiger partial charge in [0.1, 0.15) is 0 Å². The summed E-state index contributed by atoms with van der Waals surface area (Å²) < 4.78 is 2.12. The third-order valence-electron chi connectivity index (χ3n) is 4.13. The summed E-state index contributed by atoms with van der Waals surface area (Å²) in [5, 5.41) is 1.58. The van der Waals surface area contributed by atoms with Crippen molar-refractivity contribution < 1.29 is 0 Å². The molecule has 3 aromatic rings. The number of hydrogen-bond acceptors (Lipinski definition) is 2. The molecule has 25 heavy (non-hydrogen) atoms. The van der Waals surface area contributed by atoms with Crippen LogP contribution in [-0.2, 0) is 13.0 Å². The van der Waals surface area contributed by atoms with Crippen molar-refractivity contribution in [3.63, 3.8) is 0 Å². The van der Waals surface area contributed by atoms with Crippen LogP contribution in [0.25, 0.3) is 0 Å². The van der Waals surface area contributed by atoms with E-state index in [0.717, 1.165) is 34.3 Å². The van der Waals surface area contributed by atoms with E-state index in [9.17, 15) is 0 Å². The zero-order valence-electron chi connectivity index (χ0n) is 14.0. The summed E-state index contributed by atoms with van der Waals surface area (Å²) in [5.74, 6) is 0. The minimum absolute atomic E-state index is 0.00860. The number of halogens is 2. The zero-order chi connectivity index (χ0) is 17.7. The van der Waals surface area contributed by atoms with Gasteiger partial charge in [0.25, 0.3) is 0 Å². The highest BCUT2D eigenvalue weighted by Gasteiger charge is 2.27. The van der Waals surface area contributed by atoms with Gasteiger partial charge in [0.05, 0.1) is 11.3 Å². The molecule has 3 rings (SSSR count). The first-order chi connectivity index (χ1) is 12.0. The Balaban J connectivity index is 1.78. The first-order valence-electron chi connectivity index (χ1n) is 8.18. The first-order valence-corrected chi connectivity index (χ1v) is 9.75. The van der Waals surface area contributed by atoms with Gasteiger partial charge in [-0.05, 0) is 49.6 Å². The molecular weight excluding hydrogens is 371 g/mol. The SMILES string of the molecule is CC(CCc1ccc(Cl)cc1)(Cn1ccnc1)Sc1ccccc1Cl. The molecule has 2 nitrogen and oxygen atoms in total. The minimum Gasteiger partial charge on any atom is -0.336 e. The number of hydrogen-bond donors (Lipinski definition) is 0. The quantitative estimate of drug-likeness (QED) is 0.435. The van der Waals surface area contributed by atoms with Gasteiger partial charge in [-0.25, -0.2) is 4.98 Å². The third kappa shape index (κ3) is 5.27. The Labute approximate surface area is 163 Å². The maximum Gasteiger partial charge on any atom is 0.0946 e. The maximum absolute atomic E-state index is 6.39. The van der Waals surface area contributed by atoms with Crippen LogP contribution in [0.3, 0.4) is 0 Å².